The van der Waals surface area contributed by atoms with Crippen molar-refractivity contribution in [2.24, 2.45) is 23.7 Å². The number of amides is 2. The summed E-state index contributed by atoms with van der Waals surface area (Å²) in [5.74, 6) is 1.78. The number of nitrogens with zero attached hydrogens (tertiary/aromatic N) is 4. The van der Waals surface area contributed by atoms with Crippen LogP contribution in [0.3, 0.4) is 0 Å². The van der Waals surface area contributed by atoms with E-state index >= 15 is 0 Å². The molecule has 2 aromatic rings. The molecule has 1 spiro atoms. The van der Waals surface area contributed by atoms with E-state index < -0.39 is 21.2 Å². The van der Waals surface area contributed by atoms with Crippen LogP contribution in [-0.2, 0) is 26.7 Å². The van der Waals surface area contributed by atoms with Gasteiger partial charge >= 0.3 is 0 Å². The van der Waals surface area contributed by atoms with E-state index in [4.69, 9.17) is 16.3 Å². The molecule has 0 unspecified atom stereocenters. The minimum Gasteiger partial charge on any atom is -0.490 e. The highest BCUT2D eigenvalue weighted by atomic mass is 35.5. The lowest BCUT2D eigenvalue weighted by molar-refractivity contribution is -0.133. The molecular weight excluding hydrogens is 722 g/mol. The van der Waals surface area contributed by atoms with Crippen molar-refractivity contribution in [3.63, 3.8) is 0 Å². The number of hydrogen-bond donors (Lipinski definition) is 1. The monoisotopic (exact) mass is 779 g/mol. The SMILES string of the molecule is CC(=O)N1CCN2CCN(C[C@@H]3CCC[C@H](C)[C@@H](C)S(=O)(=O)NC(=O)c4ccc5c(c4)N(C[C@@H]4CC[C@@H]34)C[C@@]3(CCCc4cc(Cl)ccc43)CO5)C[C@@H]2C1. The number of ether oxygens (including phenoxy) is 1. The fourth-order valence-corrected chi connectivity index (χ4v) is 12.3. The highest BCUT2D eigenvalue weighted by molar-refractivity contribution is 7.90. The molecule has 6 aliphatic rings. The number of benzene rings is 2. The summed E-state index contributed by atoms with van der Waals surface area (Å²) < 4.78 is 36.4. The molecule has 2 bridgehead atoms. The van der Waals surface area contributed by atoms with Gasteiger partial charge in [-0.3, -0.25) is 14.5 Å². The van der Waals surface area contributed by atoms with E-state index in [-0.39, 0.29) is 17.2 Å². The van der Waals surface area contributed by atoms with E-state index in [1.165, 1.54) is 24.0 Å². The number of halogens is 1. The van der Waals surface area contributed by atoms with Gasteiger partial charge in [0.2, 0.25) is 15.9 Å². The van der Waals surface area contributed by atoms with Gasteiger partial charge in [-0.15, -0.1) is 0 Å². The van der Waals surface area contributed by atoms with Gasteiger partial charge in [-0.05, 0) is 117 Å². The number of carbonyl (C=O) groups is 2. The summed E-state index contributed by atoms with van der Waals surface area (Å²) in [5.41, 5.74) is 3.56. The minimum absolute atomic E-state index is 0.0928. The first-order chi connectivity index (χ1) is 25.9. The van der Waals surface area contributed by atoms with Crippen LogP contribution in [0.25, 0.3) is 0 Å². The number of hydrogen-bond acceptors (Lipinski definition) is 8. The predicted molar refractivity (Wildman–Crippen MR) is 213 cm³/mol. The van der Waals surface area contributed by atoms with Crippen LogP contribution in [-0.4, -0.2) is 112 Å². The lowest BCUT2D eigenvalue weighted by atomic mass is 9.65. The highest BCUT2D eigenvalue weighted by Gasteiger charge is 2.45. The molecule has 3 fully saturated rings. The Balaban J connectivity index is 1.12. The van der Waals surface area contributed by atoms with Crippen molar-refractivity contribution in [1.29, 1.82) is 0 Å². The third-order valence-electron chi connectivity index (χ3n) is 14.3. The Hall–Kier alpha value is -2.86. The molecule has 1 N–H and O–H groups in total. The molecule has 4 heterocycles. The second-order valence-electron chi connectivity index (χ2n) is 17.6. The van der Waals surface area contributed by atoms with Crippen molar-refractivity contribution in [2.75, 3.05) is 70.4 Å². The van der Waals surface area contributed by atoms with Crippen LogP contribution < -0.4 is 14.4 Å². The topological polar surface area (TPSA) is 102 Å². The summed E-state index contributed by atoms with van der Waals surface area (Å²) in [6.45, 7) is 14.3. The molecule has 4 aliphatic heterocycles. The lowest BCUT2D eigenvalue weighted by Gasteiger charge is -2.50. The largest absolute Gasteiger partial charge is 0.490 e. The van der Waals surface area contributed by atoms with Crippen molar-refractivity contribution in [3.8, 4) is 5.75 Å². The first kappa shape index (κ1) is 38.0. The number of nitrogens with one attached hydrogen (secondary N) is 1. The van der Waals surface area contributed by atoms with E-state index in [1.54, 1.807) is 19.9 Å². The fraction of sp³-hybridized carbons (Fsp3) is 0.667. The van der Waals surface area contributed by atoms with Gasteiger partial charge in [-0.25, -0.2) is 13.1 Å². The first-order valence-corrected chi connectivity index (χ1v) is 22.4. The van der Waals surface area contributed by atoms with Gasteiger partial charge in [0.25, 0.3) is 5.91 Å². The Morgan fingerprint density at radius 1 is 0.981 bits per heavy atom. The van der Waals surface area contributed by atoms with Gasteiger partial charge < -0.3 is 19.4 Å². The molecular formula is C42H58ClN5O5S. The van der Waals surface area contributed by atoms with Crippen molar-refractivity contribution in [2.45, 2.75) is 88.8 Å². The van der Waals surface area contributed by atoms with E-state index in [0.29, 0.717) is 36.0 Å². The fourth-order valence-electron chi connectivity index (χ4n) is 10.7. The third kappa shape index (κ3) is 7.51. The maximum absolute atomic E-state index is 13.6. The van der Waals surface area contributed by atoms with Crippen molar-refractivity contribution >= 4 is 39.1 Å². The smallest absolute Gasteiger partial charge is 0.264 e. The number of piperazine rings is 2. The molecule has 54 heavy (non-hydrogen) atoms. The molecule has 2 saturated heterocycles. The lowest BCUT2D eigenvalue weighted by Crippen LogP contribution is -2.63. The van der Waals surface area contributed by atoms with Gasteiger partial charge in [0, 0.05) is 87.9 Å². The zero-order chi connectivity index (χ0) is 37.8. The zero-order valence-electron chi connectivity index (χ0n) is 32.3. The number of carbonyl (C=O) groups excluding carboxylic acids is 2. The predicted octanol–water partition coefficient (Wildman–Crippen LogP) is 5.57. The van der Waals surface area contributed by atoms with Crippen molar-refractivity contribution in [1.82, 2.24) is 19.4 Å². The number of aryl methyl sites for hydroxylation is 1. The van der Waals surface area contributed by atoms with E-state index in [1.807, 2.05) is 30.0 Å². The van der Waals surface area contributed by atoms with E-state index in [2.05, 4.69) is 31.6 Å². The molecule has 1 saturated carbocycles. The maximum Gasteiger partial charge on any atom is 0.264 e. The number of sulfonamides is 1. The molecule has 7 atom stereocenters. The van der Waals surface area contributed by atoms with Crippen LogP contribution in [0, 0.1) is 23.7 Å². The Kier molecular flexibility index (Phi) is 10.7. The van der Waals surface area contributed by atoms with E-state index in [9.17, 15) is 18.0 Å². The van der Waals surface area contributed by atoms with Crippen molar-refractivity contribution < 1.29 is 22.7 Å². The molecule has 8 rings (SSSR count). The quantitative estimate of drug-likeness (QED) is 0.423. The normalized spacial score (nSPS) is 33.3. The second-order valence-corrected chi connectivity index (χ2v) is 20.0. The molecule has 294 valence electrons. The second kappa shape index (κ2) is 15.2. The molecule has 0 aromatic heterocycles. The standard InChI is InChI=1S/C42H58ClN5O5S/c1-28-6-4-7-33(22-45-16-17-46-18-19-47(30(3)49)25-36(46)24-45)37-12-9-34(37)23-48-26-42(15-5-8-31-20-35(43)11-13-38(31)42)27-53-40-14-10-32(21-39(40)48)41(50)44-54(51,52)29(28)2/h10-11,13-14,20-21,28-29,33-34,36-37H,4-9,12,15-19,22-27H2,1-3H3,(H,44,50)/t28-,29+,33-,34-,36+,37-,42-/m0/s1. The summed E-state index contributed by atoms with van der Waals surface area (Å²) >= 11 is 6.51. The Morgan fingerprint density at radius 2 is 1.81 bits per heavy atom. The average molecular weight is 780 g/mol. The summed E-state index contributed by atoms with van der Waals surface area (Å²) in [6.07, 6.45) is 8.21. The summed E-state index contributed by atoms with van der Waals surface area (Å²) in [4.78, 5) is 35.7. The third-order valence-corrected chi connectivity index (χ3v) is 16.5. The number of anilines is 1. The van der Waals surface area contributed by atoms with Crippen LogP contribution in [0.2, 0.25) is 5.02 Å². The first-order valence-electron chi connectivity index (χ1n) is 20.5. The Labute approximate surface area is 326 Å². The summed E-state index contributed by atoms with van der Waals surface area (Å²) in [5, 5.41) is 0.0561. The molecule has 0 radical (unpaired) electrons. The molecule has 2 aliphatic carbocycles. The van der Waals surface area contributed by atoms with Crippen molar-refractivity contribution in [3.05, 3.63) is 58.1 Å². The molecule has 12 heteroatoms. The Bertz CT molecular complexity index is 1860. The van der Waals surface area contributed by atoms with Gasteiger partial charge in [-0.2, -0.15) is 0 Å². The minimum atomic E-state index is -3.90. The van der Waals surface area contributed by atoms with Crippen LogP contribution in [0.1, 0.15) is 87.2 Å². The summed E-state index contributed by atoms with van der Waals surface area (Å²) in [6, 6.07) is 12.1. The molecule has 2 aromatic carbocycles. The Morgan fingerprint density at radius 3 is 2.61 bits per heavy atom. The van der Waals surface area contributed by atoms with Crippen LogP contribution in [0.5, 0.6) is 5.75 Å². The van der Waals surface area contributed by atoms with E-state index in [0.717, 1.165) is 114 Å². The van der Waals surface area contributed by atoms with Gasteiger partial charge in [0.15, 0.2) is 0 Å². The van der Waals surface area contributed by atoms with Gasteiger partial charge in [-0.1, -0.05) is 31.0 Å². The van der Waals surface area contributed by atoms with Crippen LogP contribution >= 0.6 is 11.6 Å². The van der Waals surface area contributed by atoms with Gasteiger partial charge in [0.05, 0.1) is 17.5 Å². The number of fused-ring (bicyclic) bond motifs is 5. The molecule has 10 nitrogen and oxygen atoms in total. The average Bonchev–Trinajstić information content (AvgIpc) is 3.28. The van der Waals surface area contributed by atoms with Gasteiger partial charge in [0.1, 0.15) is 5.75 Å². The molecule has 2 amide bonds. The zero-order valence-corrected chi connectivity index (χ0v) is 33.8. The highest BCUT2D eigenvalue weighted by Crippen LogP contribution is 2.48. The summed E-state index contributed by atoms with van der Waals surface area (Å²) in [7, 11) is -3.90. The maximum atomic E-state index is 13.6. The van der Waals surface area contributed by atoms with Crippen LogP contribution in [0.4, 0.5) is 5.69 Å². The van der Waals surface area contributed by atoms with Crippen LogP contribution in [0.15, 0.2) is 36.4 Å². The number of rotatable bonds is 2.